The molecule has 0 saturated heterocycles. The lowest BCUT2D eigenvalue weighted by Crippen LogP contribution is -2.20. The predicted molar refractivity (Wildman–Crippen MR) is 64.9 cm³/mol. The average Bonchev–Trinajstić information content (AvgIpc) is 2.39. The summed E-state index contributed by atoms with van der Waals surface area (Å²) in [6, 6.07) is 5.77. The Morgan fingerprint density at radius 2 is 2.06 bits per heavy atom. The van der Waals surface area contributed by atoms with Crippen LogP contribution < -0.4 is 0 Å². The number of nitrogens with zero attached hydrogens (tertiary/aromatic N) is 1. The fourth-order valence-corrected chi connectivity index (χ4v) is 2.70. The highest BCUT2D eigenvalue weighted by Gasteiger charge is 2.27. The van der Waals surface area contributed by atoms with Crippen LogP contribution in [0.25, 0.3) is 0 Å². The molecule has 1 heterocycles. The van der Waals surface area contributed by atoms with Gasteiger partial charge in [-0.15, -0.1) is 0 Å². The Morgan fingerprint density at radius 1 is 1.31 bits per heavy atom. The lowest BCUT2D eigenvalue weighted by molar-refractivity contribution is 0.0696. The van der Waals surface area contributed by atoms with Gasteiger partial charge in [0.05, 0.1) is 11.8 Å². The molecule has 1 aromatic rings. The molecule has 0 bridgehead atoms. The van der Waals surface area contributed by atoms with Gasteiger partial charge in [-0.25, -0.2) is 0 Å². The molecule has 2 nitrogen and oxygen atoms in total. The van der Waals surface area contributed by atoms with E-state index in [9.17, 15) is 5.11 Å². The number of aromatic nitrogens is 1. The summed E-state index contributed by atoms with van der Waals surface area (Å²) in [4.78, 5) is 4.24. The van der Waals surface area contributed by atoms with Crippen molar-refractivity contribution in [3.8, 4) is 0 Å². The molecular weight excluding hydrogens is 198 g/mol. The van der Waals surface area contributed by atoms with Gasteiger partial charge in [0.15, 0.2) is 0 Å². The normalized spacial score (nSPS) is 27.6. The third-order valence-electron chi connectivity index (χ3n) is 3.91. The van der Waals surface area contributed by atoms with E-state index in [2.05, 4.69) is 11.9 Å². The first-order valence-electron chi connectivity index (χ1n) is 6.40. The number of pyridine rings is 1. The molecule has 0 aliphatic heterocycles. The first kappa shape index (κ1) is 11.6. The van der Waals surface area contributed by atoms with Gasteiger partial charge < -0.3 is 5.11 Å². The van der Waals surface area contributed by atoms with E-state index in [1.54, 1.807) is 6.20 Å². The summed E-state index contributed by atoms with van der Waals surface area (Å²) >= 11 is 0. The van der Waals surface area contributed by atoms with E-state index in [-0.39, 0.29) is 6.10 Å². The molecule has 0 aromatic carbocycles. The molecule has 1 aliphatic carbocycles. The van der Waals surface area contributed by atoms with Gasteiger partial charge in [-0.05, 0) is 36.8 Å². The van der Waals surface area contributed by atoms with Gasteiger partial charge in [-0.3, -0.25) is 4.98 Å². The quantitative estimate of drug-likeness (QED) is 0.845. The Bertz CT molecular complexity index is 304. The lowest BCUT2D eigenvalue weighted by Gasteiger charge is -2.30. The predicted octanol–water partition coefficient (Wildman–Crippen LogP) is 3.33. The first-order valence-corrected chi connectivity index (χ1v) is 6.40. The first-order chi connectivity index (χ1) is 7.81. The third-order valence-corrected chi connectivity index (χ3v) is 3.91. The summed E-state index contributed by atoms with van der Waals surface area (Å²) in [7, 11) is 0. The number of aliphatic hydroxyl groups is 1. The van der Waals surface area contributed by atoms with Crippen LogP contribution in [0.2, 0.25) is 0 Å². The maximum absolute atomic E-state index is 10.2. The summed E-state index contributed by atoms with van der Waals surface area (Å²) in [5, 5.41) is 10.2. The molecule has 0 radical (unpaired) electrons. The molecule has 1 atom stereocenters. The van der Waals surface area contributed by atoms with Gasteiger partial charge in [0, 0.05) is 6.20 Å². The zero-order chi connectivity index (χ0) is 11.4. The van der Waals surface area contributed by atoms with Gasteiger partial charge in [0.1, 0.15) is 0 Å². The van der Waals surface area contributed by atoms with Crippen molar-refractivity contribution in [3.63, 3.8) is 0 Å². The number of aliphatic hydroxyl groups excluding tert-OH is 1. The highest BCUT2D eigenvalue weighted by atomic mass is 16.3. The van der Waals surface area contributed by atoms with E-state index in [0.29, 0.717) is 5.92 Å². The van der Waals surface area contributed by atoms with E-state index < -0.39 is 0 Å². The standard InChI is InChI=1S/C14H21NO/c1-2-11-6-8-12(9-7-11)14(16)13-5-3-4-10-15-13/h3-5,10-12,14,16H,2,6-9H2,1H3. The van der Waals surface area contributed by atoms with E-state index in [1.807, 2.05) is 18.2 Å². The second kappa shape index (κ2) is 5.44. The molecule has 88 valence electrons. The van der Waals surface area contributed by atoms with Crippen molar-refractivity contribution in [1.82, 2.24) is 4.98 Å². The average molecular weight is 219 g/mol. The minimum absolute atomic E-state index is 0.362. The van der Waals surface area contributed by atoms with Crippen molar-refractivity contribution in [1.29, 1.82) is 0 Å². The second-order valence-corrected chi connectivity index (χ2v) is 4.89. The summed E-state index contributed by atoms with van der Waals surface area (Å²) < 4.78 is 0. The zero-order valence-electron chi connectivity index (χ0n) is 9.97. The molecule has 2 rings (SSSR count). The molecule has 1 fully saturated rings. The van der Waals surface area contributed by atoms with Crippen LogP contribution in [0, 0.1) is 11.8 Å². The van der Waals surface area contributed by atoms with E-state index in [1.165, 1.54) is 19.3 Å². The molecule has 2 heteroatoms. The molecule has 1 aromatic heterocycles. The van der Waals surface area contributed by atoms with Crippen LogP contribution in [0.1, 0.15) is 50.8 Å². The molecule has 1 saturated carbocycles. The Kier molecular flexibility index (Phi) is 3.94. The van der Waals surface area contributed by atoms with Crippen LogP contribution in [0.3, 0.4) is 0 Å². The van der Waals surface area contributed by atoms with Crippen LogP contribution in [-0.2, 0) is 0 Å². The van der Waals surface area contributed by atoms with E-state index >= 15 is 0 Å². The minimum Gasteiger partial charge on any atom is -0.387 e. The third kappa shape index (κ3) is 2.62. The van der Waals surface area contributed by atoms with Crippen molar-refractivity contribution < 1.29 is 5.11 Å². The molecule has 1 aliphatic rings. The highest BCUT2D eigenvalue weighted by Crippen LogP contribution is 2.37. The topological polar surface area (TPSA) is 33.1 Å². The van der Waals surface area contributed by atoms with Gasteiger partial charge in [0.25, 0.3) is 0 Å². The Balaban J connectivity index is 1.94. The number of hydrogen-bond donors (Lipinski definition) is 1. The maximum atomic E-state index is 10.2. The second-order valence-electron chi connectivity index (χ2n) is 4.89. The van der Waals surface area contributed by atoms with Crippen LogP contribution in [0.5, 0.6) is 0 Å². The van der Waals surface area contributed by atoms with E-state index in [0.717, 1.165) is 24.5 Å². The van der Waals surface area contributed by atoms with Gasteiger partial charge in [-0.2, -0.15) is 0 Å². The number of rotatable bonds is 3. The fourth-order valence-electron chi connectivity index (χ4n) is 2.70. The van der Waals surface area contributed by atoms with Crippen LogP contribution in [-0.4, -0.2) is 10.1 Å². The smallest absolute Gasteiger partial charge is 0.0987 e. The van der Waals surface area contributed by atoms with Crippen molar-refractivity contribution in [2.45, 2.75) is 45.1 Å². The van der Waals surface area contributed by atoms with Crippen molar-refractivity contribution >= 4 is 0 Å². The summed E-state index contributed by atoms with van der Waals surface area (Å²) in [6.07, 6.45) is 7.52. The van der Waals surface area contributed by atoms with Crippen molar-refractivity contribution in [2.75, 3.05) is 0 Å². The van der Waals surface area contributed by atoms with Crippen LogP contribution in [0.4, 0.5) is 0 Å². The SMILES string of the molecule is CCC1CCC(C(O)c2ccccn2)CC1. The maximum Gasteiger partial charge on any atom is 0.0987 e. The molecule has 1 unspecified atom stereocenters. The van der Waals surface area contributed by atoms with Crippen molar-refractivity contribution in [2.24, 2.45) is 11.8 Å². The van der Waals surface area contributed by atoms with Gasteiger partial charge in [0.2, 0.25) is 0 Å². The molecule has 0 amide bonds. The molecule has 1 N–H and O–H groups in total. The highest BCUT2D eigenvalue weighted by molar-refractivity contribution is 5.07. The largest absolute Gasteiger partial charge is 0.387 e. The lowest BCUT2D eigenvalue weighted by atomic mass is 9.78. The molecular formula is C14H21NO. The van der Waals surface area contributed by atoms with E-state index in [4.69, 9.17) is 0 Å². The summed E-state index contributed by atoms with van der Waals surface area (Å²) in [6.45, 7) is 2.26. The minimum atomic E-state index is -0.362. The number of hydrogen-bond acceptors (Lipinski definition) is 2. The van der Waals surface area contributed by atoms with Gasteiger partial charge >= 0.3 is 0 Å². The van der Waals surface area contributed by atoms with Crippen molar-refractivity contribution in [3.05, 3.63) is 30.1 Å². The Morgan fingerprint density at radius 3 is 2.62 bits per heavy atom. The molecule has 16 heavy (non-hydrogen) atoms. The monoisotopic (exact) mass is 219 g/mol. The van der Waals surface area contributed by atoms with Gasteiger partial charge in [-0.1, -0.05) is 32.3 Å². The molecule has 0 spiro atoms. The summed E-state index contributed by atoms with van der Waals surface area (Å²) in [5.41, 5.74) is 0.836. The van der Waals surface area contributed by atoms with Crippen LogP contribution in [0.15, 0.2) is 24.4 Å². The summed E-state index contributed by atoms with van der Waals surface area (Å²) in [5.74, 6) is 1.30. The fraction of sp³-hybridized carbons (Fsp3) is 0.643. The zero-order valence-corrected chi connectivity index (χ0v) is 9.97. The Labute approximate surface area is 97.7 Å². The van der Waals surface area contributed by atoms with Crippen LogP contribution >= 0.6 is 0 Å². The Hall–Kier alpha value is -0.890.